The van der Waals surface area contributed by atoms with E-state index in [0.717, 1.165) is 6.08 Å². The summed E-state index contributed by atoms with van der Waals surface area (Å²) in [6.45, 7) is -0.540. The maximum atomic E-state index is 12.4. The molecule has 0 bridgehead atoms. The first-order valence-corrected chi connectivity index (χ1v) is 12.0. The van der Waals surface area contributed by atoms with Gasteiger partial charge in [0, 0.05) is 11.6 Å². The molecule has 0 radical (unpaired) electrons. The van der Waals surface area contributed by atoms with Crippen LogP contribution in [0.1, 0.15) is 11.3 Å². The summed E-state index contributed by atoms with van der Waals surface area (Å²) in [6.07, 6.45) is 4.00. The molecule has 4 rings (SSSR count). The van der Waals surface area contributed by atoms with Crippen molar-refractivity contribution in [3.8, 4) is 11.5 Å². The van der Waals surface area contributed by atoms with Crippen LogP contribution in [0.2, 0.25) is 0 Å². The molecule has 0 aliphatic rings. The summed E-state index contributed by atoms with van der Waals surface area (Å²) >= 11 is 0. The number of rotatable bonds is 10. The fourth-order valence-corrected chi connectivity index (χ4v) is 3.89. The third-order valence-corrected chi connectivity index (χ3v) is 6.07. The molecule has 0 saturated carbocycles. The third kappa shape index (κ3) is 6.74. The largest absolute Gasteiger partial charge is 0.468 e. The number of benzene rings is 2. The van der Waals surface area contributed by atoms with Gasteiger partial charge in [0.2, 0.25) is 15.9 Å². The van der Waals surface area contributed by atoms with E-state index in [0.29, 0.717) is 16.9 Å². The van der Waals surface area contributed by atoms with Crippen molar-refractivity contribution in [1.29, 1.82) is 0 Å². The molecular formula is C24H20N4O7S. The number of amides is 1. The van der Waals surface area contributed by atoms with Gasteiger partial charge in [0.25, 0.3) is 5.91 Å². The fourth-order valence-electron chi connectivity index (χ4n) is 2.90. The zero-order chi connectivity index (χ0) is 25.4. The monoisotopic (exact) mass is 508 g/mol. The summed E-state index contributed by atoms with van der Waals surface area (Å²) in [5, 5.41) is 9.93. The number of carbonyl (C=O) groups is 2. The van der Waals surface area contributed by atoms with Gasteiger partial charge in [-0.05, 0) is 48.0 Å². The van der Waals surface area contributed by atoms with Crippen molar-refractivity contribution in [2.24, 2.45) is 0 Å². The summed E-state index contributed by atoms with van der Waals surface area (Å²) in [4.78, 5) is 24.0. The minimum Gasteiger partial charge on any atom is -0.468 e. The lowest BCUT2D eigenvalue weighted by Crippen LogP contribution is -2.22. The molecule has 36 heavy (non-hydrogen) atoms. The number of ether oxygens (including phenoxy) is 1. The van der Waals surface area contributed by atoms with Gasteiger partial charge in [-0.1, -0.05) is 35.4 Å². The Morgan fingerprint density at radius 1 is 0.972 bits per heavy atom. The van der Waals surface area contributed by atoms with Gasteiger partial charge in [0.15, 0.2) is 6.61 Å². The van der Waals surface area contributed by atoms with Gasteiger partial charge in [0.1, 0.15) is 5.76 Å². The minimum absolute atomic E-state index is 0.0249. The highest BCUT2D eigenvalue weighted by Crippen LogP contribution is 2.19. The van der Waals surface area contributed by atoms with Crippen LogP contribution in [0, 0.1) is 0 Å². The Kier molecular flexibility index (Phi) is 7.68. The second kappa shape index (κ2) is 11.3. The molecule has 0 spiro atoms. The van der Waals surface area contributed by atoms with E-state index in [2.05, 4.69) is 20.2 Å². The molecule has 4 aromatic rings. The maximum Gasteiger partial charge on any atom is 0.331 e. The van der Waals surface area contributed by atoms with Crippen LogP contribution >= 0.6 is 0 Å². The Morgan fingerprint density at radius 2 is 1.75 bits per heavy atom. The summed E-state index contributed by atoms with van der Waals surface area (Å²) in [6, 6.07) is 18.1. The number of sulfonamides is 1. The Hall–Kier alpha value is -4.55. The van der Waals surface area contributed by atoms with Crippen LogP contribution in [0.15, 0.2) is 92.8 Å². The average Bonchev–Trinajstić information content (AvgIpc) is 3.58. The van der Waals surface area contributed by atoms with Crippen LogP contribution in [0.4, 0.5) is 6.01 Å². The van der Waals surface area contributed by atoms with Crippen LogP contribution in [0.25, 0.3) is 17.5 Å². The predicted octanol–water partition coefficient (Wildman–Crippen LogP) is 3.00. The highest BCUT2D eigenvalue weighted by atomic mass is 32.2. The highest BCUT2D eigenvalue weighted by Gasteiger charge is 2.14. The van der Waals surface area contributed by atoms with E-state index in [1.165, 1.54) is 36.6 Å². The molecule has 0 atom stereocenters. The SMILES string of the molecule is O=C(COC(=O)C=Cc1ccc(S(=O)(=O)NCc2ccco2)cc1)Nc1nnc(-c2ccccc2)o1. The molecule has 2 aromatic heterocycles. The number of carbonyl (C=O) groups excluding carboxylic acids is 2. The molecule has 0 saturated heterocycles. The molecule has 0 fully saturated rings. The first-order chi connectivity index (χ1) is 17.4. The van der Waals surface area contributed by atoms with Crippen molar-refractivity contribution in [2.45, 2.75) is 11.4 Å². The summed E-state index contributed by atoms with van der Waals surface area (Å²) in [7, 11) is -3.73. The highest BCUT2D eigenvalue weighted by molar-refractivity contribution is 7.89. The lowest BCUT2D eigenvalue weighted by molar-refractivity contribution is -0.142. The molecular weight excluding hydrogens is 488 g/mol. The van der Waals surface area contributed by atoms with Crippen molar-refractivity contribution in [3.05, 3.63) is 90.4 Å². The quantitative estimate of drug-likeness (QED) is 0.243. The van der Waals surface area contributed by atoms with Crippen molar-refractivity contribution < 1.29 is 31.6 Å². The Morgan fingerprint density at radius 3 is 2.47 bits per heavy atom. The van der Waals surface area contributed by atoms with Crippen molar-refractivity contribution >= 4 is 34.0 Å². The number of anilines is 1. The Bertz CT molecular complexity index is 1450. The van der Waals surface area contributed by atoms with Gasteiger partial charge in [-0.25, -0.2) is 17.9 Å². The van der Waals surface area contributed by atoms with Crippen LogP contribution < -0.4 is 10.0 Å². The second-order valence-electron chi connectivity index (χ2n) is 7.24. The van der Waals surface area contributed by atoms with E-state index in [1.807, 2.05) is 18.2 Å². The van der Waals surface area contributed by atoms with Crippen LogP contribution in [0.3, 0.4) is 0 Å². The number of nitrogens with zero attached hydrogens (tertiary/aromatic N) is 2. The fraction of sp³-hybridized carbons (Fsp3) is 0.0833. The Balaban J connectivity index is 1.23. The van der Waals surface area contributed by atoms with Crippen molar-refractivity contribution in [3.63, 3.8) is 0 Å². The molecule has 0 aliphatic heterocycles. The van der Waals surface area contributed by atoms with Gasteiger partial charge >= 0.3 is 12.0 Å². The molecule has 2 N–H and O–H groups in total. The van der Waals surface area contributed by atoms with E-state index in [9.17, 15) is 18.0 Å². The molecule has 1 amide bonds. The molecule has 2 aromatic carbocycles. The maximum absolute atomic E-state index is 12.4. The van der Waals surface area contributed by atoms with Gasteiger partial charge in [-0.3, -0.25) is 10.1 Å². The van der Waals surface area contributed by atoms with Crippen LogP contribution in [-0.2, 0) is 30.9 Å². The minimum atomic E-state index is -3.73. The predicted molar refractivity (Wildman–Crippen MR) is 128 cm³/mol. The molecule has 2 heterocycles. The molecule has 12 heteroatoms. The van der Waals surface area contributed by atoms with Gasteiger partial charge < -0.3 is 13.6 Å². The number of furan rings is 1. The van der Waals surface area contributed by atoms with Crippen molar-refractivity contribution in [2.75, 3.05) is 11.9 Å². The number of hydrogen-bond donors (Lipinski definition) is 2. The van der Waals surface area contributed by atoms with E-state index in [4.69, 9.17) is 13.6 Å². The number of nitrogens with one attached hydrogen (secondary N) is 2. The normalized spacial score (nSPS) is 11.4. The smallest absolute Gasteiger partial charge is 0.331 e. The molecule has 184 valence electrons. The molecule has 0 unspecified atom stereocenters. The van der Waals surface area contributed by atoms with Gasteiger partial charge in [0.05, 0.1) is 17.7 Å². The molecule has 11 nitrogen and oxygen atoms in total. The van der Waals surface area contributed by atoms with E-state index in [-0.39, 0.29) is 23.3 Å². The van der Waals surface area contributed by atoms with E-state index in [1.54, 1.807) is 24.3 Å². The third-order valence-electron chi connectivity index (χ3n) is 4.66. The zero-order valence-electron chi connectivity index (χ0n) is 18.7. The average molecular weight is 509 g/mol. The first-order valence-electron chi connectivity index (χ1n) is 10.5. The van der Waals surface area contributed by atoms with E-state index >= 15 is 0 Å². The standard InChI is InChI=1S/C24H20N4O7S/c29-21(26-24-28-27-23(35-24)18-5-2-1-3-6-18)16-34-22(30)13-10-17-8-11-20(12-9-17)36(31,32)25-15-19-7-4-14-33-19/h1-14,25H,15-16H2,(H,26,28,29). The van der Waals surface area contributed by atoms with Gasteiger partial charge in [-0.2, -0.15) is 0 Å². The zero-order valence-corrected chi connectivity index (χ0v) is 19.5. The van der Waals surface area contributed by atoms with Crippen molar-refractivity contribution in [1.82, 2.24) is 14.9 Å². The second-order valence-corrected chi connectivity index (χ2v) is 9.01. The number of aromatic nitrogens is 2. The van der Waals surface area contributed by atoms with Crippen LogP contribution in [0.5, 0.6) is 0 Å². The number of esters is 1. The van der Waals surface area contributed by atoms with Crippen LogP contribution in [-0.4, -0.2) is 37.1 Å². The lowest BCUT2D eigenvalue weighted by Gasteiger charge is -2.05. The number of hydrogen-bond acceptors (Lipinski definition) is 9. The Labute approximate surface area is 205 Å². The first kappa shape index (κ1) is 24.6. The van der Waals surface area contributed by atoms with E-state index < -0.39 is 28.5 Å². The summed E-state index contributed by atoms with van der Waals surface area (Å²) in [5.41, 5.74) is 1.25. The topological polar surface area (TPSA) is 154 Å². The summed E-state index contributed by atoms with van der Waals surface area (Å²) < 4.78 is 42.5. The summed E-state index contributed by atoms with van der Waals surface area (Å²) in [5.74, 6) is -0.702. The lowest BCUT2D eigenvalue weighted by atomic mass is 10.2. The molecule has 0 aliphatic carbocycles. The van der Waals surface area contributed by atoms with Gasteiger partial charge in [-0.15, -0.1) is 5.10 Å².